The monoisotopic (exact) mass is 462 g/mol. The van der Waals surface area contributed by atoms with Crippen molar-refractivity contribution in [3.8, 4) is 9.88 Å². The molecule has 1 aromatic carbocycles. The first-order valence-corrected chi connectivity index (χ1v) is 13.0. The van der Waals surface area contributed by atoms with E-state index in [0.717, 1.165) is 15.6 Å². The van der Waals surface area contributed by atoms with Gasteiger partial charge in [-0.25, -0.2) is 13.4 Å². The van der Waals surface area contributed by atoms with E-state index < -0.39 is 10.0 Å². The number of amides is 1. The lowest BCUT2D eigenvalue weighted by Gasteiger charge is -2.36. The molecule has 30 heavy (non-hydrogen) atoms. The van der Waals surface area contributed by atoms with Crippen molar-refractivity contribution in [2.24, 2.45) is 0 Å². The van der Waals surface area contributed by atoms with Crippen LogP contribution in [0.5, 0.6) is 0 Å². The zero-order valence-corrected chi connectivity index (χ0v) is 18.9. The summed E-state index contributed by atoms with van der Waals surface area (Å²) >= 11 is 3.04. The number of hydrogen-bond donors (Lipinski definition) is 1. The van der Waals surface area contributed by atoms with E-state index in [4.69, 9.17) is 0 Å². The first-order chi connectivity index (χ1) is 14.5. The van der Waals surface area contributed by atoms with Crippen LogP contribution in [0.3, 0.4) is 0 Å². The van der Waals surface area contributed by atoms with E-state index >= 15 is 0 Å². The summed E-state index contributed by atoms with van der Waals surface area (Å²) in [7, 11) is -3.18. The Morgan fingerprint density at radius 2 is 1.87 bits per heavy atom. The van der Waals surface area contributed by atoms with Crippen LogP contribution in [0.2, 0.25) is 0 Å². The summed E-state index contributed by atoms with van der Waals surface area (Å²) in [6.07, 6.45) is 0. The predicted molar refractivity (Wildman–Crippen MR) is 123 cm³/mol. The number of hydrogen-bond acceptors (Lipinski definition) is 7. The summed E-state index contributed by atoms with van der Waals surface area (Å²) in [6, 6.07) is 11.5. The number of para-hydroxylation sites is 2. The molecule has 2 aromatic heterocycles. The molecule has 1 amide bonds. The average Bonchev–Trinajstić information content (AvgIpc) is 3.46. The van der Waals surface area contributed by atoms with Gasteiger partial charge in [0.2, 0.25) is 10.0 Å². The van der Waals surface area contributed by atoms with Crippen LogP contribution in [0.4, 0.5) is 11.4 Å². The Labute approximate surface area is 184 Å². The van der Waals surface area contributed by atoms with E-state index in [9.17, 15) is 13.2 Å². The second-order valence-electron chi connectivity index (χ2n) is 6.77. The number of sulfonamides is 1. The van der Waals surface area contributed by atoms with Gasteiger partial charge in [-0.3, -0.25) is 4.79 Å². The van der Waals surface area contributed by atoms with Crippen molar-refractivity contribution >= 4 is 50.0 Å². The highest BCUT2D eigenvalue weighted by Crippen LogP contribution is 2.30. The average molecular weight is 463 g/mol. The van der Waals surface area contributed by atoms with Gasteiger partial charge in [0.15, 0.2) is 0 Å². The number of carbonyl (C=O) groups is 1. The third kappa shape index (κ3) is 4.41. The number of nitrogens with one attached hydrogen (secondary N) is 1. The molecule has 3 aromatic rings. The number of nitrogens with zero attached hydrogens (tertiary/aromatic N) is 3. The van der Waals surface area contributed by atoms with Gasteiger partial charge in [0, 0.05) is 31.6 Å². The van der Waals surface area contributed by atoms with Gasteiger partial charge in [0.1, 0.15) is 10.7 Å². The number of carbonyl (C=O) groups excluding carboxylic acids is 1. The van der Waals surface area contributed by atoms with Crippen molar-refractivity contribution in [2.75, 3.05) is 42.1 Å². The number of benzene rings is 1. The minimum Gasteiger partial charge on any atom is -0.367 e. The van der Waals surface area contributed by atoms with E-state index in [0.29, 0.717) is 37.6 Å². The van der Waals surface area contributed by atoms with E-state index in [2.05, 4.69) is 15.2 Å². The molecule has 1 fully saturated rings. The van der Waals surface area contributed by atoms with Crippen molar-refractivity contribution in [1.82, 2.24) is 9.29 Å². The Kier molecular flexibility index (Phi) is 6.19. The van der Waals surface area contributed by atoms with Gasteiger partial charge in [-0.15, -0.1) is 22.7 Å². The Morgan fingerprint density at radius 1 is 1.10 bits per heavy atom. The minimum absolute atomic E-state index is 0.112. The smallest absolute Gasteiger partial charge is 0.275 e. The topological polar surface area (TPSA) is 82.6 Å². The van der Waals surface area contributed by atoms with Crippen molar-refractivity contribution in [1.29, 1.82) is 0 Å². The molecule has 0 spiro atoms. The Hall–Kier alpha value is -2.27. The summed E-state index contributed by atoms with van der Waals surface area (Å²) in [5.74, 6) is -0.144. The molecule has 4 rings (SSSR count). The Bertz CT molecular complexity index is 1120. The quantitative estimate of drug-likeness (QED) is 0.605. The highest BCUT2D eigenvalue weighted by Gasteiger charge is 2.26. The van der Waals surface area contributed by atoms with Crippen LogP contribution >= 0.6 is 22.7 Å². The molecule has 1 aliphatic rings. The maximum atomic E-state index is 12.8. The fraction of sp³-hybridized carbons (Fsp3) is 0.300. The van der Waals surface area contributed by atoms with Gasteiger partial charge in [-0.2, -0.15) is 4.31 Å². The van der Waals surface area contributed by atoms with Crippen LogP contribution in [0.1, 0.15) is 17.4 Å². The summed E-state index contributed by atoms with van der Waals surface area (Å²) in [5.41, 5.74) is 1.96. The van der Waals surface area contributed by atoms with Gasteiger partial charge in [0.05, 0.1) is 22.0 Å². The molecule has 0 unspecified atom stereocenters. The summed E-state index contributed by atoms with van der Waals surface area (Å²) < 4.78 is 25.7. The third-order valence-corrected chi connectivity index (χ3v) is 8.72. The summed E-state index contributed by atoms with van der Waals surface area (Å²) in [6.45, 7) is 3.69. The van der Waals surface area contributed by atoms with E-state index in [1.807, 2.05) is 41.8 Å². The molecule has 3 heterocycles. The maximum Gasteiger partial charge on any atom is 0.275 e. The van der Waals surface area contributed by atoms with Crippen LogP contribution in [-0.2, 0) is 10.0 Å². The highest BCUT2D eigenvalue weighted by molar-refractivity contribution is 7.89. The van der Waals surface area contributed by atoms with Gasteiger partial charge in [0.25, 0.3) is 5.91 Å². The molecule has 0 atom stereocenters. The van der Waals surface area contributed by atoms with Crippen LogP contribution in [0.25, 0.3) is 9.88 Å². The second kappa shape index (κ2) is 8.84. The molecule has 0 bridgehead atoms. The lowest BCUT2D eigenvalue weighted by Crippen LogP contribution is -2.49. The van der Waals surface area contributed by atoms with Gasteiger partial charge in [-0.05, 0) is 30.5 Å². The molecule has 0 saturated carbocycles. The normalized spacial score (nSPS) is 15.3. The number of anilines is 2. The van der Waals surface area contributed by atoms with Crippen molar-refractivity contribution in [3.05, 3.63) is 52.9 Å². The molecule has 0 radical (unpaired) electrons. The van der Waals surface area contributed by atoms with Gasteiger partial charge >= 0.3 is 0 Å². The van der Waals surface area contributed by atoms with E-state index in [-0.39, 0.29) is 11.7 Å². The molecule has 0 aliphatic carbocycles. The number of thiophene rings is 1. The fourth-order valence-electron chi connectivity index (χ4n) is 3.32. The van der Waals surface area contributed by atoms with Crippen molar-refractivity contribution in [2.45, 2.75) is 6.92 Å². The fourth-order valence-corrected chi connectivity index (χ4v) is 6.02. The molecule has 7 nitrogen and oxygen atoms in total. The highest BCUT2D eigenvalue weighted by atomic mass is 32.2. The first kappa shape index (κ1) is 21.0. The Morgan fingerprint density at radius 3 is 2.57 bits per heavy atom. The molecule has 1 aliphatic heterocycles. The SMILES string of the molecule is CCS(=O)(=O)N1CCN(c2ccccc2NC(=O)c2csc(-c3cccs3)n2)CC1. The van der Waals surface area contributed by atoms with Gasteiger partial charge < -0.3 is 10.2 Å². The van der Waals surface area contributed by atoms with Gasteiger partial charge in [-0.1, -0.05) is 18.2 Å². The zero-order chi connectivity index (χ0) is 21.1. The van der Waals surface area contributed by atoms with Crippen molar-refractivity contribution < 1.29 is 13.2 Å². The number of thiazole rings is 1. The van der Waals surface area contributed by atoms with Crippen LogP contribution in [0.15, 0.2) is 47.2 Å². The largest absolute Gasteiger partial charge is 0.367 e. The molecular formula is C20H22N4O3S3. The van der Waals surface area contributed by atoms with Crippen LogP contribution in [-0.4, -0.2) is 55.5 Å². The predicted octanol–water partition coefficient (Wildman–Crippen LogP) is 3.60. The van der Waals surface area contributed by atoms with Crippen LogP contribution < -0.4 is 10.2 Å². The van der Waals surface area contributed by atoms with Crippen molar-refractivity contribution in [3.63, 3.8) is 0 Å². The Balaban J connectivity index is 1.47. The third-order valence-electron chi connectivity index (χ3n) is 4.96. The number of piperazine rings is 1. The summed E-state index contributed by atoms with van der Waals surface area (Å²) in [4.78, 5) is 20.4. The molecule has 1 N–H and O–H groups in total. The molecule has 10 heteroatoms. The number of aromatic nitrogens is 1. The lowest BCUT2D eigenvalue weighted by molar-refractivity contribution is 0.102. The summed E-state index contributed by atoms with van der Waals surface area (Å²) in [5, 5.41) is 7.55. The minimum atomic E-state index is -3.18. The number of rotatable bonds is 6. The van der Waals surface area contributed by atoms with E-state index in [1.54, 1.807) is 23.6 Å². The zero-order valence-electron chi connectivity index (χ0n) is 16.4. The second-order valence-corrected chi connectivity index (χ2v) is 10.8. The standard InChI is InChI=1S/C20H22N4O3S3/c1-2-30(26,27)24-11-9-23(10-12-24)17-7-4-3-6-15(17)21-19(25)16-14-29-20(22-16)18-8-5-13-28-18/h3-8,13-14H,2,9-12H2,1H3,(H,21,25). The van der Waals surface area contributed by atoms with Crippen LogP contribution in [0, 0.1) is 0 Å². The molecular weight excluding hydrogens is 440 g/mol. The maximum absolute atomic E-state index is 12.8. The first-order valence-electron chi connectivity index (χ1n) is 9.60. The molecule has 1 saturated heterocycles. The molecule has 158 valence electrons. The van der Waals surface area contributed by atoms with E-state index in [1.165, 1.54) is 15.6 Å². The lowest BCUT2D eigenvalue weighted by atomic mass is 10.2.